The third-order valence-corrected chi connectivity index (χ3v) is 4.32. The predicted molar refractivity (Wildman–Crippen MR) is 93.3 cm³/mol. The fourth-order valence-corrected chi connectivity index (χ4v) is 3.11. The van der Waals surface area contributed by atoms with Gasteiger partial charge in [0.05, 0.1) is 18.7 Å². The number of carbonyl (C=O) groups excluding carboxylic acids is 1. The third-order valence-electron chi connectivity index (χ3n) is 4.32. The van der Waals surface area contributed by atoms with Gasteiger partial charge in [-0.1, -0.05) is 12.1 Å². The van der Waals surface area contributed by atoms with Gasteiger partial charge in [0.15, 0.2) is 0 Å². The number of ether oxygens (including phenoxy) is 1. The van der Waals surface area contributed by atoms with Crippen molar-refractivity contribution < 1.29 is 9.53 Å². The molecule has 8 nitrogen and oxygen atoms in total. The standard InChI is InChI=1S/C17H20N4O4/c1-4-20-14-12(15(22)21(5-2)17(20)24)13(18-16(23)19-14)10-7-6-8-11(9-10)25-3/h6-9,13H,4-5H2,1-3H3,(H2,18,19,23). The molecule has 25 heavy (non-hydrogen) atoms. The summed E-state index contributed by atoms with van der Waals surface area (Å²) in [5, 5.41) is 5.38. The Morgan fingerprint density at radius 1 is 1.12 bits per heavy atom. The Bertz CT molecular complexity index is 945. The van der Waals surface area contributed by atoms with Crippen LogP contribution in [0.4, 0.5) is 10.6 Å². The van der Waals surface area contributed by atoms with Crippen molar-refractivity contribution in [2.75, 3.05) is 12.4 Å². The smallest absolute Gasteiger partial charge is 0.332 e. The zero-order chi connectivity index (χ0) is 18.1. The molecule has 0 aliphatic carbocycles. The molecule has 132 valence electrons. The van der Waals surface area contributed by atoms with E-state index in [1.807, 2.05) is 0 Å². The molecule has 0 spiro atoms. The Labute approximate surface area is 144 Å². The number of hydrogen-bond acceptors (Lipinski definition) is 4. The van der Waals surface area contributed by atoms with Gasteiger partial charge in [0.25, 0.3) is 5.56 Å². The highest BCUT2D eigenvalue weighted by Gasteiger charge is 2.32. The van der Waals surface area contributed by atoms with Gasteiger partial charge in [-0.15, -0.1) is 0 Å². The Morgan fingerprint density at radius 3 is 2.48 bits per heavy atom. The molecule has 1 aliphatic rings. The quantitative estimate of drug-likeness (QED) is 0.874. The summed E-state index contributed by atoms with van der Waals surface area (Å²) in [6.07, 6.45) is 0. The molecule has 0 radical (unpaired) electrons. The van der Waals surface area contributed by atoms with Gasteiger partial charge >= 0.3 is 11.7 Å². The highest BCUT2D eigenvalue weighted by Crippen LogP contribution is 2.30. The highest BCUT2D eigenvalue weighted by molar-refractivity contribution is 5.92. The minimum absolute atomic E-state index is 0.249. The fourth-order valence-electron chi connectivity index (χ4n) is 3.11. The first-order chi connectivity index (χ1) is 12.0. The molecule has 1 unspecified atom stereocenters. The zero-order valence-electron chi connectivity index (χ0n) is 14.3. The van der Waals surface area contributed by atoms with Crippen molar-refractivity contribution in [3.05, 3.63) is 56.2 Å². The van der Waals surface area contributed by atoms with Crippen molar-refractivity contribution in [3.63, 3.8) is 0 Å². The van der Waals surface area contributed by atoms with Gasteiger partial charge in [0.1, 0.15) is 11.6 Å². The summed E-state index contributed by atoms with van der Waals surface area (Å²) in [5.74, 6) is 0.866. The van der Waals surface area contributed by atoms with Crippen LogP contribution >= 0.6 is 0 Å². The summed E-state index contributed by atoms with van der Waals surface area (Å²) in [7, 11) is 1.55. The molecule has 1 aromatic carbocycles. The van der Waals surface area contributed by atoms with Crippen molar-refractivity contribution >= 4 is 11.8 Å². The molecule has 2 N–H and O–H groups in total. The molecule has 0 fully saturated rings. The van der Waals surface area contributed by atoms with Crippen LogP contribution in [0.15, 0.2) is 33.9 Å². The lowest BCUT2D eigenvalue weighted by molar-refractivity contribution is 0.248. The van der Waals surface area contributed by atoms with Crippen LogP contribution in [0.5, 0.6) is 5.75 Å². The number of anilines is 1. The van der Waals surface area contributed by atoms with Gasteiger partial charge in [-0.3, -0.25) is 19.2 Å². The summed E-state index contributed by atoms with van der Waals surface area (Å²) in [6.45, 7) is 4.13. The lowest BCUT2D eigenvalue weighted by Crippen LogP contribution is -2.50. The number of fused-ring (bicyclic) bond motifs is 1. The third kappa shape index (κ3) is 2.69. The lowest BCUT2D eigenvalue weighted by Gasteiger charge is -2.29. The number of methoxy groups -OCH3 is 1. The minimum atomic E-state index is -0.664. The number of amides is 2. The second kappa shape index (κ2) is 6.46. The molecule has 0 saturated carbocycles. The Balaban J connectivity index is 2.32. The van der Waals surface area contributed by atoms with E-state index in [1.165, 1.54) is 9.13 Å². The molecular weight excluding hydrogens is 324 g/mol. The Morgan fingerprint density at radius 2 is 1.84 bits per heavy atom. The number of benzene rings is 1. The first-order valence-electron chi connectivity index (χ1n) is 8.10. The van der Waals surface area contributed by atoms with Crippen molar-refractivity contribution in [1.29, 1.82) is 0 Å². The van der Waals surface area contributed by atoms with Crippen LogP contribution in [0.25, 0.3) is 0 Å². The number of aromatic nitrogens is 2. The average molecular weight is 344 g/mol. The van der Waals surface area contributed by atoms with Gasteiger partial charge in [-0.25, -0.2) is 9.59 Å². The lowest BCUT2D eigenvalue weighted by atomic mass is 9.98. The van der Waals surface area contributed by atoms with Gasteiger partial charge < -0.3 is 10.1 Å². The van der Waals surface area contributed by atoms with Crippen LogP contribution in [-0.4, -0.2) is 22.3 Å². The number of urea groups is 1. The van der Waals surface area contributed by atoms with Gasteiger partial charge in [0, 0.05) is 13.1 Å². The summed E-state index contributed by atoms with van der Waals surface area (Å²) in [5.41, 5.74) is 0.209. The van der Waals surface area contributed by atoms with Crippen molar-refractivity contribution in [2.24, 2.45) is 0 Å². The van der Waals surface area contributed by atoms with E-state index in [-0.39, 0.29) is 12.4 Å². The van der Waals surface area contributed by atoms with E-state index in [0.29, 0.717) is 23.4 Å². The van der Waals surface area contributed by atoms with Crippen molar-refractivity contribution in [1.82, 2.24) is 14.5 Å². The molecule has 1 aromatic heterocycles. The zero-order valence-corrected chi connectivity index (χ0v) is 14.3. The maximum absolute atomic E-state index is 12.9. The molecule has 1 aliphatic heterocycles. The van der Waals surface area contributed by atoms with Crippen LogP contribution in [0.3, 0.4) is 0 Å². The summed E-state index contributed by atoms with van der Waals surface area (Å²) in [4.78, 5) is 37.5. The molecular formula is C17H20N4O4. The molecule has 2 heterocycles. The van der Waals surface area contributed by atoms with Crippen LogP contribution in [0.2, 0.25) is 0 Å². The van der Waals surface area contributed by atoms with Crippen LogP contribution in [-0.2, 0) is 13.1 Å². The van der Waals surface area contributed by atoms with E-state index in [4.69, 9.17) is 4.74 Å². The molecule has 2 aromatic rings. The van der Waals surface area contributed by atoms with Gasteiger partial charge in [0.2, 0.25) is 0 Å². The van der Waals surface area contributed by atoms with E-state index in [2.05, 4.69) is 10.6 Å². The van der Waals surface area contributed by atoms with Crippen LogP contribution < -0.4 is 26.6 Å². The molecule has 2 amide bonds. The average Bonchev–Trinajstić information content (AvgIpc) is 2.61. The van der Waals surface area contributed by atoms with Gasteiger partial charge in [-0.05, 0) is 31.5 Å². The predicted octanol–water partition coefficient (Wildman–Crippen LogP) is 1.28. The maximum atomic E-state index is 12.9. The largest absolute Gasteiger partial charge is 0.497 e. The Kier molecular flexibility index (Phi) is 4.35. The number of rotatable bonds is 4. The van der Waals surface area contributed by atoms with Crippen LogP contribution in [0, 0.1) is 0 Å². The fraction of sp³-hybridized carbons (Fsp3) is 0.353. The molecule has 8 heteroatoms. The summed E-state index contributed by atoms with van der Waals surface area (Å²) < 4.78 is 7.82. The van der Waals surface area contributed by atoms with E-state index >= 15 is 0 Å². The number of nitrogens with one attached hydrogen (secondary N) is 2. The summed E-state index contributed by atoms with van der Waals surface area (Å²) >= 11 is 0. The van der Waals surface area contributed by atoms with Crippen molar-refractivity contribution in [3.8, 4) is 5.75 Å². The van der Waals surface area contributed by atoms with Crippen molar-refractivity contribution in [2.45, 2.75) is 33.0 Å². The maximum Gasteiger partial charge on any atom is 0.332 e. The van der Waals surface area contributed by atoms with Crippen LogP contribution in [0.1, 0.15) is 31.0 Å². The molecule has 3 rings (SSSR count). The monoisotopic (exact) mass is 344 g/mol. The summed E-state index contributed by atoms with van der Waals surface area (Å²) in [6, 6.07) is 6.01. The second-order valence-electron chi connectivity index (χ2n) is 5.65. The number of nitrogens with zero attached hydrogens (tertiary/aromatic N) is 2. The minimum Gasteiger partial charge on any atom is -0.497 e. The first-order valence-corrected chi connectivity index (χ1v) is 8.10. The first kappa shape index (κ1) is 16.8. The van der Waals surface area contributed by atoms with E-state index in [9.17, 15) is 14.4 Å². The SMILES string of the molecule is CCn1c2c(c(=O)n(CC)c1=O)C(c1cccc(OC)c1)NC(=O)N2. The molecule has 0 saturated heterocycles. The highest BCUT2D eigenvalue weighted by atomic mass is 16.5. The topological polar surface area (TPSA) is 94.4 Å². The molecule has 1 atom stereocenters. The number of hydrogen-bond donors (Lipinski definition) is 2. The van der Waals surface area contributed by atoms with E-state index in [1.54, 1.807) is 45.2 Å². The molecule has 0 bridgehead atoms. The Hall–Kier alpha value is -3.03. The van der Waals surface area contributed by atoms with E-state index in [0.717, 1.165) is 0 Å². The van der Waals surface area contributed by atoms with E-state index < -0.39 is 23.3 Å². The second-order valence-corrected chi connectivity index (χ2v) is 5.65. The normalized spacial score (nSPS) is 16.0. The number of carbonyl (C=O) groups is 1. The van der Waals surface area contributed by atoms with Gasteiger partial charge in [-0.2, -0.15) is 0 Å².